The molecule has 1 aromatic rings. The fourth-order valence-corrected chi connectivity index (χ4v) is 4.50. The number of ether oxygens (including phenoxy) is 1. The Hall–Kier alpha value is -1.62. The summed E-state index contributed by atoms with van der Waals surface area (Å²) in [5.41, 5.74) is 1.59. The molecule has 5 heteroatoms. The highest BCUT2D eigenvalue weighted by Crippen LogP contribution is 2.37. The van der Waals surface area contributed by atoms with Gasteiger partial charge < -0.3 is 4.74 Å². The number of carbonyl (C=O) groups excluding carboxylic acids is 1. The first-order chi connectivity index (χ1) is 9.86. The van der Waals surface area contributed by atoms with Gasteiger partial charge in [-0.25, -0.2) is 8.42 Å². The number of carbonyl (C=O) groups is 1. The lowest BCUT2D eigenvalue weighted by Crippen LogP contribution is -2.22. The van der Waals surface area contributed by atoms with Crippen molar-refractivity contribution in [3.8, 4) is 0 Å². The van der Waals surface area contributed by atoms with Gasteiger partial charge in [-0.1, -0.05) is 29.8 Å². The summed E-state index contributed by atoms with van der Waals surface area (Å²) in [4.78, 5) is 12.1. The molecule has 2 atom stereocenters. The van der Waals surface area contributed by atoms with Gasteiger partial charge in [-0.05, 0) is 38.8 Å². The van der Waals surface area contributed by atoms with Crippen LogP contribution in [-0.2, 0) is 19.4 Å². The molecule has 0 bridgehead atoms. The van der Waals surface area contributed by atoms with Crippen LogP contribution in [0, 0.1) is 12.8 Å². The quantitative estimate of drug-likeness (QED) is 0.634. The summed E-state index contributed by atoms with van der Waals surface area (Å²) >= 11 is 0. The summed E-state index contributed by atoms with van der Waals surface area (Å²) in [5.74, 6) is -0.733. The molecular formula is C16H20O4S. The summed E-state index contributed by atoms with van der Waals surface area (Å²) < 4.78 is 30.3. The van der Waals surface area contributed by atoms with Crippen molar-refractivity contribution in [1.29, 1.82) is 0 Å². The van der Waals surface area contributed by atoms with Crippen LogP contribution in [0.5, 0.6) is 0 Å². The van der Waals surface area contributed by atoms with Crippen LogP contribution in [0.3, 0.4) is 0 Å². The molecule has 2 unspecified atom stereocenters. The maximum absolute atomic E-state index is 12.7. The lowest BCUT2D eigenvalue weighted by Gasteiger charge is -2.13. The topological polar surface area (TPSA) is 60.4 Å². The molecule has 0 amide bonds. The standard InChI is InChI=1S/C16H20O4S/c1-4-20-16(17)13-9-12(3)15(10-13)21(18,19)14-7-5-11(2)6-8-14/h5-8,13,15H,3-4,9-10H2,1-2H3. The second kappa shape index (κ2) is 6.02. The first-order valence-corrected chi connectivity index (χ1v) is 8.55. The maximum atomic E-state index is 12.7. The van der Waals surface area contributed by atoms with Crippen molar-refractivity contribution in [2.24, 2.45) is 5.92 Å². The molecule has 0 aromatic heterocycles. The third-order valence-corrected chi connectivity index (χ3v) is 6.01. The van der Waals surface area contributed by atoms with E-state index in [9.17, 15) is 13.2 Å². The Kier molecular flexibility index (Phi) is 4.52. The van der Waals surface area contributed by atoms with Gasteiger partial charge >= 0.3 is 5.97 Å². The average molecular weight is 308 g/mol. The lowest BCUT2D eigenvalue weighted by molar-refractivity contribution is -0.147. The average Bonchev–Trinajstić information content (AvgIpc) is 2.82. The zero-order valence-corrected chi connectivity index (χ0v) is 13.2. The molecule has 1 aliphatic carbocycles. The van der Waals surface area contributed by atoms with Crippen LogP contribution in [0.25, 0.3) is 0 Å². The molecule has 1 aliphatic rings. The summed E-state index contributed by atoms with van der Waals surface area (Å²) in [5, 5.41) is -0.699. The molecular weight excluding hydrogens is 288 g/mol. The smallest absolute Gasteiger partial charge is 0.309 e. The van der Waals surface area contributed by atoms with E-state index in [0.717, 1.165) is 5.56 Å². The van der Waals surface area contributed by atoms with E-state index >= 15 is 0 Å². The van der Waals surface area contributed by atoms with E-state index in [-0.39, 0.29) is 17.3 Å². The lowest BCUT2D eigenvalue weighted by atomic mass is 10.1. The van der Waals surface area contributed by atoms with Gasteiger partial charge in [0.05, 0.1) is 22.7 Å². The van der Waals surface area contributed by atoms with Gasteiger partial charge in [-0.15, -0.1) is 0 Å². The van der Waals surface area contributed by atoms with Crippen LogP contribution >= 0.6 is 0 Å². The molecule has 0 radical (unpaired) electrons. The second-order valence-electron chi connectivity index (χ2n) is 5.39. The van der Waals surface area contributed by atoms with Gasteiger partial charge in [0.25, 0.3) is 0 Å². The van der Waals surface area contributed by atoms with Crippen molar-refractivity contribution in [2.75, 3.05) is 6.61 Å². The van der Waals surface area contributed by atoms with Crippen molar-refractivity contribution >= 4 is 15.8 Å². The van der Waals surface area contributed by atoms with Gasteiger partial charge in [0.1, 0.15) is 0 Å². The first-order valence-electron chi connectivity index (χ1n) is 7.01. The molecule has 0 heterocycles. The molecule has 0 saturated heterocycles. The molecule has 1 saturated carbocycles. The van der Waals surface area contributed by atoms with E-state index < -0.39 is 21.0 Å². The Labute approximate surface area is 125 Å². The number of benzene rings is 1. The third kappa shape index (κ3) is 3.18. The molecule has 0 aliphatic heterocycles. The Morgan fingerprint density at radius 1 is 1.33 bits per heavy atom. The molecule has 1 aromatic carbocycles. The molecule has 114 valence electrons. The molecule has 0 N–H and O–H groups in total. The molecule has 0 spiro atoms. The fourth-order valence-electron chi connectivity index (χ4n) is 2.63. The van der Waals surface area contributed by atoms with Gasteiger partial charge in [-0.3, -0.25) is 4.79 Å². The van der Waals surface area contributed by atoms with E-state index in [0.29, 0.717) is 18.6 Å². The fraction of sp³-hybridized carbons (Fsp3) is 0.438. The van der Waals surface area contributed by atoms with Crippen molar-refractivity contribution in [3.63, 3.8) is 0 Å². The first kappa shape index (κ1) is 15.8. The minimum atomic E-state index is -3.49. The predicted molar refractivity (Wildman–Crippen MR) is 80.6 cm³/mol. The van der Waals surface area contributed by atoms with E-state index in [4.69, 9.17) is 4.74 Å². The summed E-state index contributed by atoms with van der Waals surface area (Å²) in [6.07, 6.45) is 0.641. The zero-order chi connectivity index (χ0) is 15.6. The number of sulfone groups is 1. The SMILES string of the molecule is C=C1CC(C(=O)OCC)CC1S(=O)(=O)c1ccc(C)cc1. The van der Waals surface area contributed by atoms with Crippen LogP contribution < -0.4 is 0 Å². The monoisotopic (exact) mass is 308 g/mol. The highest BCUT2D eigenvalue weighted by molar-refractivity contribution is 7.92. The Morgan fingerprint density at radius 3 is 2.52 bits per heavy atom. The molecule has 2 rings (SSSR count). The summed E-state index contributed by atoms with van der Waals surface area (Å²) in [6, 6.07) is 6.76. The molecule has 1 fully saturated rings. The number of aryl methyl sites for hydroxylation is 1. The van der Waals surface area contributed by atoms with Crippen molar-refractivity contribution in [1.82, 2.24) is 0 Å². The van der Waals surface area contributed by atoms with Gasteiger partial charge in [-0.2, -0.15) is 0 Å². The van der Waals surface area contributed by atoms with E-state index in [1.165, 1.54) is 0 Å². The third-order valence-electron chi connectivity index (χ3n) is 3.81. The summed E-state index contributed by atoms with van der Waals surface area (Å²) in [7, 11) is -3.49. The van der Waals surface area contributed by atoms with E-state index in [2.05, 4.69) is 6.58 Å². The van der Waals surface area contributed by atoms with Crippen molar-refractivity contribution in [2.45, 2.75) is 36.8 Å². The van der Waals surface area contributed by atoms with Crippen LogP contribution in [-0.4, -0.2) is 26.2 Å². The van der Waals surface area contributed by atoms with E-state index in [1.54, 1.807) is 31.2 Å². The molecule has 4 nitrogen and oxygen atoms in total. The van der Waals surface area contributed by atoms with E-state index in [1.807, 2.05) is 6.92 Å². The Bertz CT molecular complexity index is 643. The second-order valence-corrected chi connectivity index (χ2v) is 7.52. The number of hydrogen-bond donors (Lipinski definition) is 0. The van der Waals surface area contributed by atoms with Gasteiger partial charge in [0.15, 0.2) is 9.84 Å². The van der Waals surface area contributed by atoms with Crippen LogP contribution in [0.1, 0.15) is 25.3 Å². The Balaban J connectivity index is 2.23. The van der Waals surface area contributed by atoms with Crippen LogP contribution in [0.2, 0.25) is 0 Å². The minimum absolute atomic E-state index is 0.258. The number of esters is 1. The molecule has 21 heavy (non-hydrogen) atoms. The van der Waals surface area contributed by atoms with Crippen molar-refractivity contribution < 1.29 is 17.9 Å². The van der Waals surface area contributed by atoms with Gasteiger partial charge in [0.2, 0.25) is 0 Å². The highest BCUT2D eigenvalue weighted by Gasteiger charge is 2.41. The normalized spacial score (nSPS) is 22.3. The number of rotatable bonds is 4. The van der Waals surface area contributed by atoms with Gasteiger partial charge in [0, 0.05) is 0 Å². The zero-order valence-electron chi connectivity index (χ0n) is 12.3. The predicted octanol–water partition coefficient (Wildman–Crippen LogP) is 2.67. The number of hydrogen-bond acceptors (Lipinski definition) is 4. The van der Waals surface area contributed by atoms with Crippen molar-refractivity contribution in [3.05, 3.63) is 42.0 Å². The Morgan fingerprint density at radius 2 is 1.95 bits per heavy atom. The minimum Gasteiger partial charge on any atom is -0.466 e. The van der Waals surface area contributed by atoms with Crippen LogP contribution in [0.15, 0.2) is 41.3 Å². The highest BCUT2D eigenvalue weighted by atomic mass is 32.2. The maximum Gasteiger partial charge on any atom is 0.309 e. The summed E-state index contributed by atoms with van der Waals surface area (Å²) in [6.45, 7) is 7.80. The largest absolute Gasteiger partial charge is 0.466 e. The van der Waals surface area contributed by atoms with Crippen LogP contribution in [0.4, 0.5) is 0 Å².